The van der Waals surface area contributed by atoms with Crippen molar-refractivity contribution < 1.29 is 4.42 Å². The number of rotatable bonds is 3. The molecular weight excluding hydrogens is 338 g/mol. The van der Waals surface area contributed by atoms with Crippen LogP contribution in [0.4, 0.5) is 0 Å². The molecule has 0 unspecified atom stereocenters. The number of nitrogens with zero attached hydrogens (tertiary/aromatic N) is 1. The Kier molecular flexibility index (Phi) is 3.65. The van der Waals surface area contributed by atoms with Gasteiger partial charge >= 0.3 is 0 Å². The third kappa shape index (κ3) is 2.45. The van der Waals surface area contributed by atoms with E-state index in [-0.39, 0.29) is 0 Å². The molecule has 0 aliphatic carbocycles. The van der Waals surface area contributed by atoms with Gasteiger partial charge in [-0.25, -0.2) is 4.98 Å². The lowest BCUT2D eigenvalue weighted by Gasteiger charge is -2.01. The summed E-state index contributed by atoms with van der Waals surface area (Å²) in [6, 6.07) is 28.9. The van der Waals surface area contributed by atoms with E-state index >= 15 is 0 Å². The zero-order chi connectivity index (χ0) is 17.3. The molecule has 0 saturated carbocycles. The van der Waals surface area contributed by atoms with Crippen LogP contribution in [0.3, 0.4) is 0 Å². The van der Waals surface area contributed by atoms with Crippen LogP contribution < -0.4 is 0 Å². The fourth-order valence-corrected chi connectivity index (χ4v) is 4.08. The zero-order valence-electron chi connectivity index (χ0n) is 13.9. The summed E-state index contributed by atoms with van der Waals surface area (Å²) in [5.74, 6) is 1.80. The van der Waals surface area contributed by atoms with Crippen LogP contribution in [-0.4, -0.2) is 4.98 Å². The first kappa shape index (κ1) is 15.1. The van der Waals surface area contributed by atoms with Gasteiger partial charge in [0.1, 0.15) is 5.76 Å². The summed E-state index contributed by atoms with van der Waals surface area (Å²) >= 11 is 1.62. The minimum atomic E-state index is 0.890. The summed E-state index contributed by atoms with van der Waals surface area (Å²) in [5.41, 5.74) is 5.04. The molecule has 0 amide bonds. The fraction of sp³-hybridized carbons (Fsp3) is 0. The molecule has 0 spiro atoms. The normalized spacial score (nSPS) is 11.1. The predicted molar refractivity (Wildman–Crippen MR) is 108 cm³/mol. The monoisotopic (exact) mass is 353 g/mol. The maximum absolute atomic E-state index is 6.43. The van der Waals surface area contributed by atoms with Crippen molar-refractivity contribution in [3.63, 3.8) is 0 Å². The summed E-state index contributed by atoms with van der Waals surface area (Å²) in [5, 5.41) is 2.24. The minimum Gasteiger partial charge on any atom is -0.454 e. The predicted octanol–water partition coefficient (Wildman–Crippen LogP) is 6.89. The smallest absolute Gasteiger partial charge is 0.154 e. The SMILES string of the molecule is c1ccc(-c2ncsc2-c2oc(-c3ccccc3)c3ccccc23)cc1. The van der Waals surface area contributed by atoms with Crippen LogP contribution in [0.25, 0.3) is 44.0 Å². The number of aromatic nitrogens is 1. The van der Waals surface area contributed by atoms with Gasteiger partial charge in [-0.05, 0) is 0 Å². The number of hydrogen-bond acceptors (Lipinski definition) is 3. The Labute approximate surface area is 155 Å². The number of fused-ring (bicyclic) bond motifs is 1. The molecule has 5 aromatic rings. The summed E-state index contributed by atoms with van der Waals surface area (Å²) in [4.78, 5) is 5.67. The van der Waals surface area contributed by atoms with Gasteiger partial charge in [-0.2, -0.15) is 0 Å². The van der Waals surface area contributed by atoms with Crippen LogP contribution in [0.2, 0.25) is 0 Å². The van der Waals surface area contributed by atoms with E-state index in [0.29, 0.717) is 0 Å². The van der Waals surface area contributed by atoms with E-state index in [0.717, 1.165) is 44.0 Å². The molecule has 0 bridgehead atoms. The highest BCUT2D eigenvalue weighted by Gasteiger charge is 2.20. The van der Waals surface area contributed by atoms with Gasteiger partial charge in [0.05, 0.1) is 16.1 Å². The van der Waals surface area contributed by atoms with Crippen molar-refractivity contribution in [1.82, 2.24) is 4.98 Å². The molecule has 124 valence electrons. The molecule has 3 aromatic carbocycles. The molecule has 0 saturated heterocycles. The third-order valence-electron chi connectivity index (χ3n) is 4.48. The number of hydrogen-bond donors (Lipinski definition) is 0. The Hall–Kier alpha value is -3.17. The minimum absolute atomic E-state index is 0.890. The largest absolute Gasteiger partial charge is 0.454 e. The van der Waals surface area contributed by atoms with Crippen LogP contribution in [0, 0.1) is 0 Å². The van der Waals surface area contributed by atoms with Gasteiger partial charge in [-0.1, -0.05) is 84.9 Å². The van der Waals surface area contributed by atoms with Crippen LogP contribution in [0.1, 0.15) is 0 Å². The van der Waals surface area contributed by atoms with Crippen molar-refractivity contribution >= 4 is 22.1 Å². The molecule has 26 heavy (non-hydrogen) atoms. The summed E-state index contributed by atoms with van der Waals surface area (Å²) in [6.07, 6.45) is 0. The Morgan fingerprint density at radius 2 is 1.19 bits per heavy atom. The first-order valence-electron chi connectivity index (χ1n) is 8.48. The summed E-state index contributed by atoms with van der Waals surface area (Å²) < 4.78 is 6.43. The van der Waals surface area contributed by atoms with E-state index in [4.69, 9.17) is 4.42 Å². The standard InChI is InChI=1S/C23H15NOS/c1-3-9-16(10-4-1)20-23(26-15-24-20)22-19-14-8-7-13-18(19)21(25-22)17-11-5-2-6-12-17/h1-15H. The van der Waals surface area contributed by atoms with Crippen LogP contribution >= 0.6 is 11.3 Å². The Morgan fingerprint density at radius 3 is 1.88 bits per heavy atom. The average Bonchev–Trinajstić information content (AvgIpc) is 3.34. The van der Waals surface area contributed by atoms with Gasteiger partial charge < -0.3 is 4.42 Å². The first-order chi connectivity index (χ1) is 12.9. The molecule has 0 aliphatic rings. The van der Waals surface area contributed by atoms with Crippen molar-refractivity contribution in [3.8, 4) is 33.2 Å². The van der Waals surface area contributed by atoms with Crippen molar-refractivity contribution in [3.05, 3.63) is 90.4 Å². The second kappa shape index (κ2) is 6.28. The van der Waals surface area contributed by atoms with E-state index in [2.05, 4.69) is 53.5 Å². The van der Waals surface area contributed by atoms with Crippen molar-refractivity contribution in [2.75, 3.05) is 0 Å². The molecule has 2 nitrogen and oxygen atoms in total. The molecule has 3 heteroatoms. The van der Waals surface area contributed by atoms with Gasteiger partial charge in [0, 0.05) is 21.9 Å². The Balaban J connectivity index is 1.76. The van der Waals surface area contributed by atoms with Gasteiger partial charge in [-0.3, -0.25) is 0 Å². The molecule has 0 N–H and O–H groups in total. The van der Waals surface area contributed by atoms with Crippen molar-refractivity contribution in [2.24, 2.45) is 0 Å². The molecule has 0 radical (unpaired) electrons. The molecule has 0 fully saturated rings. The summed E-state index contributed by atoms with van der Waals surface area (Å²) in [7, 11) is 0. The van der Waals surface area contributed by atoms with Crippen LogP contribution in [-0.2, 0) is 0 Å². The lowest BCUT2D eigenvalue weighted by atomic mass is 10.1. The molecule has 0 aliphatic heterocycles. The van der Waals surface area contributed by atoms with Gasteiger partial charge in [0.15, 0.2) is 5.76 Å². The zero-order valence-corrected chi connectivity index (χ0v) is 14.7. The molecule has 5 rings (SSSR count). The summed E-state index contributed by atoms with van der Waals surface area (Å²) in [6.45, 7) is 0. The van der Waals surface area contributed by atoms with Gasteiger partial charge in [0.2, 0.25) is 0 Å². The van der Waals surface area contributed by atoms with Crippen molar-refractivity contribution in [2.45, 2.75) is 0 Å². The lowest BCUT2D eigenvalue weighted by Crippen LogP contribution is -1.80. The topological polar surface area (TPSA) is 26.0 Å². The van der Waals surface area contributed by atoms with E-state index in [9.17, 15) is 0 Å². The molecule has 0 atom stereocenters. The van der Waals surface area contributed by atoms with Crippen LogP contribution in [0.15, 0.2) is 94.9 Å². The Morgan fingerprint density at radius 1 is 0.615 bits per heavy atom. The van der Waals surface area contributed by atoms with E-state index in [1.54, 1.807) is 11.3 Å². The third-order valence-corrected chi connectivity index (χ3v) is 5.30. The second-order valence-electron chi connectivity index (χ2n) is 6.07. The quantitative estimate of drug-likeness (QED) is 0.353. The highest BCUT2D eigenvalue weighted by atomic mass is 32.1. The van der Waals surface area contributed by atoms with Gasteiger partial charge in [0.25, 0.3) is 0 Å². The maximum atomic E-state index is 6.43. The number of benzene rings is 3. The average molecular weight is 353 g/mol. The van der Waals surface area contributed by atoms with E-state index in [1.165, 1.54) is 0 Å². The molecular formula is C23H15NOS. The molecule has 2 aromatic heterocycles. The highest BCUT2D eigenvalue weighted by Crippen LogP contribution is 2.43. The van der Waals surface area contributed by atoms with Crippen LogP contribution in [0.5, 0.6) is 0 Å². The second-order valence-corrected chi connectivity index (χ2v) is 6.92. The molecule has 2 heterocycles. The van der Waals surface area contributed by atoms with E-state index < -0.39 is 0 Å². The van der Waals surface area contributed by atoms with Crippen molar-refractivity contribution in [1.29, 1.82) is 0 Å². The lowest BCUT2D eigenvalue weighted by molar-refractivity contribution is 0.603. The highest BCUT2D eigenvalue weighted by molar-refractivity contribution is 7.13. The Bertz CT molecular complexity index is 1170. The first-order valence-corrected chi connectivity index (χ1v) is 9.36. The maximum Gasteiger partial charge on any atom is 0.154 e. The number of thiazole rings is 1. The fourth-order valence-electron chi connectivity index (χ4n) is 3.27. The van der Waals surface area contributed by atoms with E-state index in [1.807, 2.05) is 41.9 Å². The number of furan rings is 1. The van der Waals surface area contributed by atoms with Gasteiger partial charge in [-0.15, -0.1) is 11.3 Å².